The summed E-state index contributed by atoms with van der Waals surface area (Å²) in [4.78, 5) is 3.64. The van der Waals surface area contributed by atoms with Gasteiger partial charge in [0, 0.05) is 12.1 Å². The van der Waals surface area contributed by atoms with E-state index in [4.69, 9.17) is 5.73 Å². The molecule has 0 aliphatic heterocycles. The molecule has 15 heavy (non-hydrogen) atoms. The maximum Gasteiger partial charge on any atom is 0.168 e. The summed E-state index contributed by atoms with van der Waals surface area (Å²) in [5, 5.41) is 2.91. The van der Waals surface area contributed by atoms with E-state index in [2.05, 4.69) is 17.2 Å². The van der Waals surface area contributed by atoms with Crippen molar-refractivity contribution in [2.45, 2.75) is 25.8 Å². The Kier molecular flexibility index (Phi) is 2.46. The number of nitrogens with one attached hydrogen (secondary N) is 1. The molecule has 1 aliphatic carbocycles. The van der Waals surface area contributed by atoms with Crippen LogP contribution < -0.4 is 11.1 Å². The molecule has 0 aromatic carbocycles. The van der Waals surface area contributed by atoms with E-state index in [1.807, 2.05) is 0 Å². The summed E-state index contributed by atoms with van der Waals surface area (Å²) < 4.78 is 26.0. The molecule has 82 valence electrons. The zero-order valence-corrected chi connectivity index (χ0v) is 8.43. The van der Waals surface area contributed by atoms with Crippen LogP contribution in [0.2, 0.25) is 0 Å². The number of nitrogen functional groups attached to an aromatic ring is 1. The van der Waals surface area contributed by atoms with Crippen LogP contribution in [0, 0.1) is 17.6 Å². The zero-order chi connectivity index (χ0) is 11.0. The fraction of sp³-hybridized carbons (Fsp3) is 0.500. The van der Waals surface area contributed by atoms with Gasteiger partial charge in [-0.25, -0.2) is 13.8 Å². The highest BCUT2D eigenvalue weighted by Gasteiger charge is 2.26. The van der Waals surface area contributed by atoms with Crippen LogP contribution in [0.1, 0.15) is 19.8 Å². The van der Waals surface area contributed by atoms with Crippen molar-refractivity contribution in [3.63, 3.8) is 0 Å². The van der Waals surface area contributed by atoms with Crippen LogP contribution >= 0.6 is 0 Å². The molecule has 0 spiro atoms. The predicted molar refractivity (Wildman–Crippen MR) is 54.4 cm³/mol. The van der Waals surface area contributed by atoms with Crippen LogP contribution in [0.25, 0.3) is 0 Å². The Morgan fingerprint density at radius 1 is 1.40 bits per heavy atom. The molecular weight excluding hydrogens is 200 g/mol. The molecule has 1 aromatic rings. The Morgan fingerprint density at radius 2 is 2.07 bits per heavy atom. The van der Waals surface area contributed by atoms with Crippen LogP contribution in [-0.4, -0.2) is 11.0 Å². The number of halogens is 2. The fourth-order valence-electron chi connectivity index (χ4n) is 1.80. The molecule has 0 bridgehead atoms. The minimum Gasteiger partial charge on any atom is -0.381 e. The lowest BCUT2D eigenvalue weighted by Gasteiger charge is -2.33. The molecule has 0 unspecified atom stereocenters. The summed E-state index contributed by atoms with van der Waals surface area (Å²) in [6.45, 7) is 2.13. The Morgan fingerprint density at radius 3 is 2.67 bits per heavy atom. The minimum absolute atomic E-state index is 0.0470. The summed E-state index contributed by atoms with van der Waals surface area (Å²) in [6.07, 6.45) is 1.97. The Hall–Kier alpha value is -1.39. The minimum atomic E-state index is -0.819. The highest BCUT2D eigenvalue weighted by atomic mass is 19.1. The number of nitrogens with two attached hydrogens (primary N) is 1. The van der Waals surface area contributed by atoms with Gasteiger partial charge in [0.15, 0.2) is 23.3 Å². The van der Waals surface area contributed by atoms with Crippen LogP contribution in [0.5, 0.6) is 0 Å². The quantitative estimate of drug-likeness (QED) is 0.791. The second kappa shape index (κ2) is 3.64. The summed E-state index contributed by atoms with van der Waals surface area (Å²) in [5.74, 6) is -1.08. The van der Waals surface area contributed by atoms with E-state index in [1.54, 1.807) is 0 Å². The summed E-state index contributed by atoms with van der Waals surface area (Å²) in [6, 6.07) is 0.985. The molecular formula is C10H13F2N3. The molecule has 1 aromatic heterocycles. The van der Waals surface area contributed by atoms with Gasteiger partial charge in [-0.2, -0.15) is 0 Å². The van der Waals surface area contributed by atoms with Crippen molar-refractivity contribution in [3.8, 4) is 0 Å². The molecule has 0 saturated heterocycles. The lowest BCUT2D eigenvalue weighted by molar-refractivity contribution is 0.307. The molecule has 0 atom stereocenters. The summed E-state index contributed by atoms with van der Waals surface area (Å²) in [7, 11) is 0. The molecule has 1 heterocycles. The van der Waals surface area contributed by atoms with Crippen molar-refractivity contribution in [1.29, 1.82) is 0 Å². The van der Waals surface area contributed by atoms with Crippen molar-refractivity contribution in [1.82, 2.24) is 4.98 Å². The molecule has 3 nitrogen and oxygen atoms in total. The van der Waals surface area contributed by atoms with Crippen molar-refractivity contribution < 1.29 is 8.78 Å². The third-order valence-electron chi connectivity index (χ3n) is 2.67. The Balaban J connectivity index is 2.11. The lowest BCUT2D eigenvalue weighted by Crippen LogP contribution is -2.34. The van der Waals surface area contributed by atoms with Crippen molar-refractivity contribution >= 4 is 11.6 Å². The second-order valence-corrected chi connectivity index (χ2v) is 4.10. The first-order chi connectivity index (χ1) is 7.06. The van der Waals surface area contributed by atoms with Crippen molar-refractivity contribution in [2.24, 2.45) is 5.92 Å². The number of pyridine rings is 1. The van der Waals surface area contributed by atoms with Gasteiger partial charge < -0.3 is 11.1 Å². The number of hydrogen-bond donors (Lipinski definition) is 2. The number of anilines is 2. The SMILES string of the molecule is CC1CC(Nc2nc(N)c(F)cc2F)C1. The first-order valence-electron chi connectivity index (χ1n) is 4.94. The van der Waals surface area contributed by atoms with Crippen LogP contribution in [-0.2, 0) is 0 Å². The van der Waals surface area contributed by atoms with Gasteiger partial charge in [-0.15, -0.1) is 0 Å². The Bertz CT molecular complexity index is 375. The summed E-state index contributed by atoms with van der Waals surface area (Å²) in [5.41, 5.74) is 5.26. The summed E-state index contributed by atoms with van der Waals surface area (Å²) >= 11 is 0. The molecule has 3 N–H and O–H groups in total. The monoisotopic (exact) mass is 213 g/mol. The predicted octanol–water partition coefficient (Wildman–Crippen LogP) is 2.15. The van der Waals surface area contributed by atoms with E-state index < -0.39 is 11.6 Å². The van der Waals surface area contributed by atoms with Gasteiger partial charge in [-0.05, 0) is 18.8 Å². The van der Waals surface area contributed by atoms with E-state index in [0.717, 1.165) is 18.9 Å². The number of rotatable bonds is 2. The lowest BCUT2D eigenvalue weighted by atomic mass is 9.82. The molecule has 5 heteroatoms. The molecule has 0 amide bonds. The van der Waals surface area contributed by atoms with Crippen LogP contribution in [0.3, 0.4) is 0 Å². The molecule has 2 rings (SSSR count). The average Bonchev–Trinajstić information content (AvgIpc) is 2.11. The molecule has 1 saturated carbocycles. The standard InChI is InChI=1S/C10H13F2N3/c1-5-2-6(3-5)14-10-8(12)4-7(11)9(13)15-10/h4-6H,2-3H2,1H3,(H3,13,14,15). The van der Waals surface area contributed by atoms with Gasteiger partial charge in [0.25, 0.3) is 0 Å². The smallest absolute Gasteiger partial charge is 0.168 e. The van der Waals surface area contributed by atoms with E-state index in [-0.39, 0.29) is 17.7 Å². The second-order valence-electron chi connectivity index (χ2n) is 4.10. The zero-order valence-electron chi connectivity index (χ0n) is 8.43. The highest BCUT2D eigenvalue weighted by molar-refractivity contribution is 5.45. The third kappa shape index (κ3) is 2.00. The van der Waals surface area contributed by atoms with E-state index in [9.17, 15) is 8.78 Å². The normalized spacial score (nSPS) is 24.7. The van der Waals surface area contributed by atoms with Crippen molar-refractivity contribution in [3.05, 3.63) is 17.7 Å². The fourth-order valence-corrected chi connectivity index (χ4v) is 1.80. The maximum absolute atomic E-state index is 13.2. The van der Waals surface area contributed by atoms with Gasteiger partial charge >= 0.3 is 0 Å². The first kappa shape index (κ1) is 10.1. The van der Waals surface area contributed by atoms with Gasteiger partial charge in [0.05, 0.1) is 0 Å². The van der Waals surface area contributed by atoms with E-state index in [1.165, 1.54) is 0 Å². The number of hydrogen-bond acceptors (Lipinski definition) is 3. The molecule has 1 aliphatic rings. The molecule has 1 fully saturated rings. The first-order valence-corrected chi connectivity index (χ1v) is 4.94. The van der Waals surface area contributed by atoms with Gasteiger partial charge in [-0.3, -0.25) is 0 Å². The highest BCUT2D eigenvalue weighted by Crippen LogP contribution is 2.30. The van der Waals surface area contributed by atoms with E-state index >= 15 is 0 Å². The number of nitrogens with zero attached hydrogens (tertiary/aromatic N) is 1. The van der Waals surface area contributed by atoms with Crippen LogP contribution in [0.15, 0.2) is 6.07 Å². The van der Waals surface area contributed by atoms with Gasteiger partial charge in [0.2, 0.25) is 0 Å². The third-order valence-corrected chi connectivity index (χ3v) is 2.67. The molecule has 0 radical (unpaired) electrons. The van der Waals surface area contributed by atoms with Crippen molar-refractivity contribution in [2.75, 3.05) is 11.1 Å². The van der Waals surface area contributed by atoms with Gasteiger partial charge in [-0.1, -0.05) is 6.92 Å². The van der Waals surface area contributed by atoms with E-state index in [0.29, 0.717) is 5.92 Å². The Labute approximate surface area is 86.7 Å². The largest absolute Gasteiger partial charge is 0.381 e. The number of aromatic nitrogens is 1. The maximum atomic E-state index is 13.2. The van der Waals surface area contributed by atoms with Gasteiger partial charge in [0.1, 0.15) is 0 Å². The average molecular weight is 213 g/mol. The topological polar surface area (TPSA) is 50.9 Å². The van der Waals surface area contributed by atoms with Crippen LogP contribution in [0.4, 0.5) is 20.4 Å².